The Morgan fingerprint density at radius 2 is 1.83 bits per heavy atom. The monoisotopic (exact) mass is 172 g/mol. The second-order valence-corrected chi connectivity index (χ2v) is 3.20. The van der Waals surface area contributed by atoms with Gasteiger partial charge in [0.15, 0.2) is 0 Å². The van der Waals surface area contributed by atoms with Gasteiger partial charge in [-0.25, -0.2) is 0 Å². The summed E-state index contributed by atoms with van der Waals surface area (Å²) in [6, 6.07) is 0. The summed E-state index contributed by atoms with van der Waals surface area (Å²) in [5, 5.41) is 2.81. The number of nitrogens with one attached hydrogen (secondary N) is 1. The molecule has 3 N–H and O–H groups in total. The van der Waals surface area contributed by atoms with Gasteiger partial charge in [0.2, 0.25) is 5.91 Å². The Morgan fingerprint density at radius 1 is 1.33 bits per heavy atom. The van der Waals surface area contributed by atoms with E-state index in [1.807, 2.05) is 20.8 Å². The third-order valence-electron chi connectivity index (χ3n) is 2.37. The second kappa shape index (κ2) is 5.14. The smallest absolute Gasteiger partial charge is 0.219 e. The van der Waals surface area contributed by atoms with Crippen LogP contribution in [-0.4, -0.2) is 18.0 Å². The molecule has 0 bridgehead atoms. The Bertz CT molecular complexity index is 141. The summed E-state index contributed by atoms with van der Waals surface area (Å²) >= 11 is 0. The first kappa shape index (κ1) is 11.4. The van der Waals surface area contributed by atoms with Crippen LogP contribution in [-0.2, 0) is 4.79 Å². The van der Waals surface area contributed by atoms with Gasteiger partial charge in [0.25, 0.3) is 0 Å². The minimum atomic E-state index is -0.217. The average molecular weight is 172 g/mol. The highest BCUT2D eigenvalue weighted by molar-refractivity contribution is 5.75. The summed E-state index contributed by atoms with van der Waals surface area (Å²) < 4.78 is 0. The van der Waals surface area contributed by atoms with Crippen molar-refractivity contribution in [3.8, 4) is 0 Å². The minimum absolute atomic E-state index is 0.0757. The van der Waals surface area contributed by atoms with Crippen molar-refractivity contribution in [2.75, 3.05) is 6.54 Å². The SMILES string of the molecule is CCC(=O)NCC(N)(CC)CC. The van der Waals surface area contributed by atoms with Gasteiger partial charge in [0.1, 0.15) is 0 Å². The molecule has 3 nitrogen and oxygen atoms in total. The first-order valence-corrected chi connectivity index (χ1v) is 4.63. The molecular formula is C9H20N2O. The lowest BCUT2D eigenvalue weighted by Gasteiger charge is -2.26. The van der Waals surface area contributed by atoms with Gasteiger partial charge in [-0.15, -0.1) is 0 Å². The van der Waals surface area contributed by atoms with E-state index in [0.717, 1.165) is 12.8 Å². The molecular weight excluding hydrogens is 152 g/mol. The molecule has 0 aliphatic rings. The summed E-state index contributed by atoms with van der Waals surface area (Å²) in [4.78, 5) is 10.9. The molecule has 0 saturated heterocycles. The van der Waals surface area contributed by atoms with Crippen molar-refractivity contribution in [1.29, 1.82) is 0 Å². The van der Waals surface area contributed by atoms with Crippen LogP contribution in [0.3, 0.4) is 0 Å². The predicted octanol–water partition coefficient (Wildman–Crippen LogP) is 1.03. The van der Waals surface area contributed by atoms with Gasteiger partial charge in [0.05, 0.1) is 0 Å². The lowest BCUT2D eigenvalue weighted by Crippen LogP contribution is -2.49. The molecule has 0 aromatic heterocycles. The van der Waals surface area contributed by atoms with Crippen molar-refractivity contribution >= 4 is 5.91 Å². The van der Waals surface area contributed by atoms with E-state index in [1.165, 1.54) is 0 Å². The molecule has 1 amide bonds. The van der Waals surface area contributed by atoms with E-state index in [-0.39, 0.29) is 11.4 Å². The van der Waals surface area contributed by atoms with Crippen molar-refractivity contribution < 1.29 is 4.79 Å². The van der Waals surface area contributed by atoms with Gasteiger partial charge in [-0.2, -0.15) is 0 Å². The summed E-state index contributed by atoms with van der Waals surface area (Å²) in [6.45, 7) is 6.52. The molecule has 0 radical (unpaired) electrons. The van der Waals surface area contributed by atoms with Crippen LogP contribution in [0.2, 0.25) is 0 Å². The fourth-order valence-electron chi connectivity index (χ4n) is 0.900. The maximum Gasteiger partial charge on any atom is 0.219 e. The summed E-state index contributed by atoms with van der Waals surface area (Å²) in [5.74, 6) is 0.0757. The van der Waals surface area contributed by atoms with E-state index < -0.39 is 0 Å². The van der Waals surface area contributed by atoms with E-state index in [9.17, 15) is 4.79 Å². The topological polar surface area (TPSA) is 55.1 Å². The molecule has 0 spiro atoms. The van der Waals surface area contributed by atoms with Crippen LogP contribution in [0.5, 0.6) is 0 Å². The first-order valence-electron chi connectivity index (χ1n) is 4.63. The maximum atomic E-state index is 10.9. The standard InChI is InChI=1S/C9H20N2O/c1-4-8(12)11-7-9(10,5-2)6-3/h4-7,10H2,1-3H3,(H,11,12). The lowest BCUT2D eigenvalue weighted by atomic mass is 9.94. The fraction of sp³-hybridized carbons (Fsp3) is 0.889. The highest BCUT2D eigenvalue weighted by Crippen LogP contribution is 2.09. The second-order valence-electron chi connectivity index (χ2n) is 3.20. The zero-order valence-electron chi connectivity index (χ0n) is 8.31. The molecule has 0 aliphatic carbocycles. The highest BCUT2D eigenvalue weighted by atomic mass is 16.1. The predicted molar refractivity (Wildman–Crippen MR) is 50.8 cm³/mol. The van der Waals surface area contributed by atoms with Crippen molar-refractivity contribution in [2.24, 2.45) is 5.73 Å². The van der Waals surface area contributed by atoms with Crippen LogP contribution in [0.15, 0.2) is 0 Å². The molecule has 0 atom stereocenters. The Labute approximate surface area is 74.7 Å². The van der Waals surface area contributed by atoms with Gasteiger partial charge in [-0.1, -0.05) is 20.8 Å². The Hall–Kier alpha value is -0.570. The molecule has 0 aromatic carbocycles. The molecule has 0 fully saturated rings. The van der Waals surface area contributed by atoms with Crippen molar-refractivity contribution in [1.82, 2.24) is 5.32 Å². The van der Waals surface area contributed by atoms with Crippen molar-refractivity contribution in [2.45, 2.75) is 45.6 Å². The number of rotatable bonds is 5. The Balaban J connectivity index is 3.80. The highest BCUT2D eigenvalue weighted by Gasteiger charge is 2.20. The molecule has 0 unspecified atom stereocenters. The largest absolute Gasteiger partial charge is 0.354 e. The van der Waals surface area contributed by atoms with Crippen LogP contribution in [0.25, 0.3) is 0 Å². The van der Waals surface area contributed by atoms with Gasteiger partial charge in [0, 0.05) is 18.5 Å². The zero-order chi connectivity index (χ0) is 9.61. The van der Waals surface area contributed by atoms with Gasteiger partial charge < -0.3 is 11.1 Å². The van der Waals surface area contributed by atoms with E-state index in [0.29, 0.717) is 13.0 Å². The first-order chi connectivity index (χ1) is 5.58. The molecule has 0 aliphatic heterocycles. The molecule has 0 aromatic rings. The van der Waals surface area contributed by atoms with E-state index in [1.54, 1.807) is 0 Å². The van der Waals surface area contributed by atoms with Gasteiger partial charge >= 0.3 is 0 Å². The number of hydrogen-bond acceptors (Lipinski definition) is 2. The molecule has 0 heterocycles. The Morgan fingerprint density at radius 3 is 2.17 bits per heavy atom. The zero-order valence-corrected chi connectivity index (χ0v) is 8.31. The molecule has 0 saturated carbocycles. The minimum Gasteiger partial charge on any atom is -0.354 e. The maximum absolute atomic E-state index is 10.9. The quantitative estimate of drug-likeness (QED) is 0.650. The van der Waals surface area contributed by atoms with Crippen LogP contribution in [0.4, 0.5) is 0 Å². The summed E-state index contributed by atoms with van der Waals surface area (Å²) in [6.07, 6.45) is 2.32. The van der Waals surface area contributed by atoms with Crippen LogP contribution in [0, 0.1) is 0 Å². The number of nitrogens with two attached hydrogens (primary N) is 1. The molecule has 0 rings (SSSR count). The number of carbonyl (C=O) groups is 1. The van der Waals surface area contributed by atoms with Crippen molar-refractivity contribution in [3.63, 3.8) is 0 Å². The molecule has 3 heteroatoms. The molecule has 72 valence electrons. The van der Waals surface area contributed by atoms with Crippen LogP contribution >= 0.6 is 0 Å². The molecule has 12 heavy (non-hydrogen) atoms. The normalized spacial score (nSPS) is 11.3. The van der Waals surface area contributed by atoms with Gasteiger partial charge in [-0.3, -0.25) is 4.79 Å². The van der Waals surface area contributed by atoms with Crippen LogP contribution in [0.1, 0.15) is 40.0 Å². The Kier molecular flexibility index (Phi) is 4.90. The lowest BCUT2D eigenvalue weighted by molar-refractivity contribution is -0.121. The third-order valence-corrected chi connectivity index (χ3v) is 2.37. The third kappa shape index (κ3) is 3.72. The average Bonchev–Trinajstić information content (AvgIpc) is 2.13. The fourth-order valence-corrected chi connectivity index (χ4v) is 0.900. The number of amides is 1. The van der Waals surface area contributed by atoms with Gasteiger partial charge in [-0.05, 0) is 12.8 Å². The van der Waals surface area contributed by atoms with Crippen molar-refractivity contribution in [3.05, 3.63) is 0 Å². The summed E-state index contributed by atoms with van der Waals surface area (Å²) in [5.41, 5.74) is 5.77. The van der Waals surface area contributed by atoms with E-state index >= 15 is 0 Å². The van der Waals surface area contributed by atoms with Crippen LogP contribution < -0.4 is 11.1 Å². The van der Waals surface area contributed by atoms with E-state index in [4.69, 9.17) is 5.73 Å². The number of carbonyl (C=O) groups excluding carboxylic acids is 1. The number of hydrogen-bond donors (Lipinski definition) is 2. The van der Waals surface area contributed by atoms with E-state index in [2.05, 4.69) is 5.32 Å². The summed E-state index contributed by atoms with van der Waals surface area (Å²) in [7, 11) is 0.